The second-order valence-corrected chi connectivity index (χ2v) is 8.90. The lowest BCUT2D eigenvalue weighted by molar-refractivity contribution is 0.120. The van der Waals surface area contributed by atoms with Gasteiger partial charge in [0.15, 0.2) is 10.2 Å². The van der Waals surface area contributed by atoms with E-state index in [1.807, 2.05) is 6.92 Å². The average molecular weight is 373 g/mol. The highest BCUT2D eigenvalue weighted by Gasteiger charge is 2.26. The fourth-order valence-electron chi connectivity index (χ4n) is 2.36. The first-order valence-corrected chi connectivity index (χ1v) is 9.98. The van der Waals surface area contributed by atoms with Crippen LogP contribution < -0.4 is 5.32 Å². The average Bonchev–Trinajstić information content (AvgIpc) is 3.15. The monoisotopic (exact) mass is 372 g/mol. The quantitative estimate of drug-likeness (QED) is 0.869. The molecular formula is C15H17ClN2O3S2. The summed E-state index contributed by atoms with van der Waals surface area (Å²) < 4.78 is 31.0. The Hall–Kier alpha value is -1.15. The van der Waals surface area contributed by atoms with E-state index in [0.29, 0.717) is 11.7 Å². The Morgan fingerprint density at radius 3 is 2.78 bits per heavy atom. The van der Waals surface area contributed by atoms with Gasteiger partial charge in [-0.1, -0.05) is 40.6 Å². The van der Waals surface area contributed by atoms with Gasteiger partial charge in [-0.3, -0.25) is 0 Å². The van der Waals surface area contributed by atoms with Crippen molar-refractivity contribution in [2.24, 2.45) is 0 Å². The van der Waals surface area contributed by atoms with Gasteiger partial charge in [0.05, 0.1) is 11.0 Å². The van der Waals surface area contributed by atoms with Crippen LogP contribution in [0.5, 0.6) is 0 Å². The molecule has 2 aromatic rings. The maximum atomic E-state index is 12.6. The van der Waals surface area contributed by atoms with Crippen molar-refractivity contribution < 1.29 is 13.2 Å². The van der Waals surface area contributed by atoms with E-state index in [2.05, 4.69) is 10.3 Å². The van der Waals surface area contributed by atoms with Crippen molar-refractivity contribution in [2.75, 3.05) is 18.5 Å². The summed E-state index contributed by atoms with van der Waals surface area (Å²) in [6.07, 6.45) is 2.20. The van der Waals surface area contributed by atoms with E-state index >= 15 is 0 Å². The van der Waals surface area contributed by atoms with Crippen LogP contribution in [0.1, 0.15) is 18.4 Å². The van der Waals surface area contributed by atoms with Gasteiger partial charge < -0.3 is 10.1 Å². The molecule has 1 aromatic carbocycles. The first-order chi connectivity index (χ1) is 11.0. The van der Waals surface area contributed by atoms with Crippen LogP contribution in [0.3, 0.4) is 0 Å². The minimum atomic E-state index is -3.71. The van der Waals surface area contributed by atoms with Gasteiger partial charge >= 0.3 is 0 Å². The molecule has 1 N–H and O–H groups in total. The number of rotatable bonds is 5. The summed E-state index contributed by atoms with van der Waals surface area (Å²) >= 11 is 7.24. The lowest BCUT2D eigenvalue weighted by atomic mass is 10.2. The second-order valence-electron chi connectivity index (χ2n) is 5.43. The summed E-state index contributed by atoms with van der Waals surface area (Å²) in [6, 6.07) is 6.65. The van der Waals surface area contributed by atoms with Crippen LogP contribution in [0.15, 0.2) is 34.2 Å². The largest absolute Gasteiger partial charge is 0.376 e. The fraction of sp³-hybridized carbons (Fsp3) is 0.400. The summed E-state index contributed by atoms with van der Waals surface area (Å²) in [5, 5.41) is 3.52. The third-order valence-electron chi connectivity index (χ3n) is 3.65. The highest BCUT2D eigenvalue weighted by Crippen LogP contribution is 2.34. The van der Waals surface area contributed by atoms with Gasteiger partial charge in [-0.25, -0.2) is 13.4 Å². The van der Waals surface area contributed by atoms with Crippen molar-refractivity contribution in [1.82, 2.24) is 4.98 Å². The fourth-order valence-corrected chi connectivity index (χ4v) is 5.18. The number of hydrogen-bond acceptors (Lipinski definition) is 6. The number of thiazole rings is 1. The molecule has 0 radical (unpaired) electrons. The van der Waals surface area contributed by atoms with Gasteiger partial charge in [0.1, 0.15) is 4.34 Å². The molecule has 1 saturated heterocycles. The van der Waals surface area contributed by atoms with E-state index in [4.69, 9.17) is 16.3 Å². The topological polar surface area (TPSA) is 68.3 Å². The van der Waals surface area contributed by atoms with Crippen molar-refractivity contribution in [3.8, 4) is 0 Å². The number of halogens is 1. The van der Waals surface area contributed by atoms with E-state index in [9.17, 15) is 8.42 Å². The summed E-state index contributed by atoms with van der Waals surface area (Å²) in [7, 11) is -3.71. The molecule has 0 saturated carbocycles. The summed E-state index contributed by atoms with van der Waals surface area (Å²) in [5.41, 5.74) is 0.993. The van der Waals surface area contributed by atoms with Crippen molar-refractivity contribution >= 4 is 37.9 Å². The highest BCUT2D eigenvalue weighted by molar-refractivity contribution is 7.91. The zero-order valence-corrected chi connectivity index (χ0v) is 15.0. The summed E-state index contributed by atoms with van der Waals surface area (Å²) in [6.45, 7) is 3.28. The smallest absolute Gasteiger partial charge is 0.226 e. The molecule has 0 aliphatic carbocycles. The Labute approximate surface area is 144 Å². The molecule has 1 fully saturated rings. The molecule has 3 rings (SSSR count). The van der Waals surface area contributed by atoms with Gasteiger partial charge in [-0.05, 0) is 31.9 Å². The third-order valence-corrected chi connectivity index (χ3v) is 6.80. The van der Waals surface area contributed by atoms with Crippen molar-refractivity contribution in [3.63, 3.8) is 0 Å². The van der Waals surface area contributed by atoms with Gasteiger partial charge in [0.25, 0.3) is 0 Å². The number of hydrogen-bond donors (Lipinski definition) is 1. The number of ether oxygens (including phenoxy) is 1. The number of nitrogens with one attached hydrogen (secondary N) is 1. The van der Waals surface area contributed by atoms with Crippen LogP contribution in [0.4, 0.5) is 5.13 Å². The van der Waals surface area contributed by atoms with Gasteiger partial charge in [-0.2, -0.15) is 0 Å². The summed E-state index contributed by atoms with van der Waals surface area (Å²) in [4.78, 5) is 4.37. The number of nitrogens with zero attached hydrogens (tertiary/aromatic N) is 1. The first kappa shape index (κ1) is 16.7. The zero-order valence-electron chi connectivity index (χ0n) is 12.6. The lowest BCUT2D eigenvalue weighted by Gasteiger charge is -2.09. The summed E-state index contributed by atoms with van der Waals surface area (Å²) in [5.74, 6) is 0. The Kier molecular flexibility index (Phi) is 4.91. The maximum Gasteiger partial charge on any atom is 0.226 e. The minimum absolute atomic E-state index is 0.0946. The Bertz CT molecular complexity index is 782. The number of aryl methyl sites for hydroxylation is 1. The van der Waals surface area contributed by atoms with Crippen LogP contribution in [0, 0.1) is 6.92 Å². The standard InChI is InChI=1S/C15H17ClN2O3S2/c1-10-4-6-12(7-5-10)23(19,20)14-13(16)22-15(18-14)17-9-11-3-2-8-21-11/h4-7,11H,2-3,8-9H2,1H3,(H,17,18)/t11-/m1/s1. The van der Waals surface area contributed by atoms with Crippen molar-refractivity contribution in [3.05, 3.63) is 34.2 Å². The predicted octanol–water partition coefficient (Wildman–Crippen LogP) is 3.53. The molecule has 124 valence electrons. The van der Waals surface area contributed by atoms with Crippen LogP contribution in [-0.4, -0.2) is 32.7 Å². The van der Waals surface area contributed by atoms with E-state index in [1.54, 1.807) is 24.3 Å². The third kappa shape index (κ3) is 3.68. The molecule has 1 aliphatic heterocycles. The molecule has 8 heteroatoms. The Morgan fingerprint density at radius 2 is 2.13 bits per heavy atom. The van der Waals surface area contributed by atoms with Crippen LogP contribution in [-0.2, 0) is 14.6 Å². The Morgan fingerprint density at radius 1 is 1.39 bits per heavy atom. The number of sulfone groups is 1. The molecule has 1 atom stereocenters. The normalized spacial score (nSPS) is 18.3. The van der Waals surface area contributed by atoms with Gasteiger partial charge in [0, 0.05) is 13.2 Å². The highest BCUT2D eigenvalue weighted by atomic mass is 35.5. The van der Waals surface area contributed by atoms with Crippen LogP contribution in [0.25, 0.3) is 0 Å². The zero-order chi connectivity index (χ0) is 16.4. The molecule has 0 bridgehead atoms. The molecule has 1 aliphatic rings. The molecule has 0 amide bonds. The van der Waals surface area contributed by atoms with E-state index in [-0.39, 0.29) is 20.4 Å². The van der Waals surface area contributed by atoms with Crippen LogP contribution >= 0.6 is 22.9 Å². The van der Waals surface area contributed by atoms with E-state index in [1.165, 1.54) is 0 Å². The van der Waals surface area contributed by atoms with E-state index < -0.39 is 9.84 Å². The van der Waals surface area contributed by atoms with Gasteiger partial charge in [0.2, 0.25) is 9.84 Å². The number of anilines is 1. The van der Waals surface area contributed by atoms with Gasteiger partial charge in [-0.15, -0.1) is 0 Å². The first-order valence-electron chi connectivity index (χ1n) is 7.30. The molecule has 5 nitrogen and oxygen atoms in total. The molecule has 0 unspecified atom stereocenters. The molecule has 23 heavy (non-hydrogen) atoms. The SMILES string of the molecule is Cc1ccc(S(=O)(=O)c2nc(NC[C@H]3CCCO3)sc2Cl)cc1. The second kappa shape index (κ2) is 6.76. The minimum Gasteiger partial charge on any atom is -0.376 e. The molecule has 0 spiro atoms. The Balaban J connectivity index is 1.80. The number of benzene rings is 1. The molecular weight excluding hydrogens is 356 g/mol. The number of aromatic nitrogens is 1. The molecule has 1 aromatic heterocycles. The van der Waals surface area contributed by atoms with Crippen LogP contribution in [0.2, 0.25) is 4.34 Å². The van der Waals surface area contributed by atoms with E-state index in [0.717, 1.165) is 36.3 Å². The van der Waals surface area contributed by atoms with Crippen molar-refractivity contribution in [2.45, 2.75) is 35.8 Å². The maximum absolute atomic E-state index is 12.6. The molecule has 2 heterocycles. The lowest BCUT2D eigenvalue weighted by Crippen LogP contribution is -2.18. The predicted molar refractivity (Wildman–Crippen MR) is 91.2 cm³/mol. The van der Waals surface area contributed by atoms with Crippen molar-refractivity contribution in [1.29, 1.82) is 0 Å².